The summed E-state index contributed by atoms with van der Waals surface area (Å²) in [6.07, 6.45) is 6.83. The summed E-state index contributed by atoms with van der Waals surface area (Å²) >= 11 is 0. The Balaban J connectivity index is 1.90. The van der Waals surface area contributed by atoms with Gasteiger partial charge in [-0.05, 0) is 25.7 Å². The van der Waals surface area contributed by atoms with Crippen LogP contribution in [0, 0.1) is 0 Å². The number of amides is 2. The van der Waals surface area contributed by atoms with E-state index >= 15 is 0 Å². The van der Waals surface area contributed by atoms with Crippen LogP contribution in [0.5, 0.6) is 0 Å². The minimum Gasteiger partial charge on any atom is -0.391 e. The predicted octanol–water partition coefficient (Wildman–Crippen LogP) is 1.15. The first kappa shape index (κ1) is 15.3. The Morgan fingerprint density at radius 3 is 2.75 bits per heavy atom. The van der Waals surface area contributed by atoms with Crippen LogP contribution in [0.4, 0.5) is 0 Å². The molecule has 0 aromatic carbocycles. The molecule has 2 unspecified atom stereocenters. The highest BCUT2D eigenvalue weighted by molar-refractivity contribution is 5.85. The Hall–Kier alpha value is -1.10. The van der Waals surface area contributed by atoms with E-state index in [4.69, 9.17) is 0 Å². The number of carbonyl (C=O) groups is 2. The van der Waals surface area contributed by atoms with E-state index in [0.717, 1.165) is 44.9 Å². The van der Waals surface area contributed by atoms with Crippen molar-refractivity contribution in [1.29, 1.82) is 0 Å². The molecule has 0 spiro atoms. The fourth-order valence-electron chi connectivity index (χ4n) is 3.21. The van der Waals surface area contributed by atoms with Crippen LogP contribution < -0.4 is 0 Å². The highest BCUT2D eigenvalue weighted by atomic mass is 16.3. The molecule has 0 radical (unpaired) electrons. The van der Waals surface area contributed by atoms with Crippen molar-refractivity contribution in [3.8, 4) is 0 Å². The van der Waals surface area contributed by atoms with Gasteiger partial charge in [-0.25, -0.2) is 0 Å². The molecule has 2 atom stereocenters. The van der Waals surface area contributed by atoms with Crippen molar-refractivity contribution in [3.05, 3.63) is 0 Å². The zero-order valence-corrected chi connectivity index (χ0v) is 12.4. The van der Waals surface area contributed by atoms with Gasteiger partial charge in [0.1, 0.15) is 0 Å². The van der Waals surface area contributed by atoms with E-state index in [2.05, 4.69) is 0 Å². The van der Waals surface area contributed by atoms with Crippen molar-refractivity contribution in [2.24, 2.45) is 0 Å². The number of aliphatic hydroxyl groups is 1. The van der Waals surface area contributed by atoms with Crippen LogP contribution in [0.1, 0.15) is 51.4 Å². The molecule has 2 fully saturated rings. The van der Waals surface area contributed by atoms with Gasteiger partial charge in [-0.2, -0.15) is 0 Å². The van der Waals surface area contributed by atoms with E-state index in [-0.39, 0.29) is 24.4 Å². The summed E-state index contributed by atoms with van der Waals surface area (Å²) in [7, 11) is 1.75. The summed E-state index contributed by atoms with van der Waals surface area (Å²) in [5.74, 6) is 0.0413. The summed E-state index contributed by atoms with van der Waals surface area (Å²) < 4.78 is 0. The second kappa shape index (κ2) is 7.07. The van der Waals surface area contributed by atoms with Crippen LogP contribution in [-0.4, -0.2) is 59.0 Å². The van der Waals surface area contributed by atoms with Gasteiger partial charge >= 0.3 is 0 Å². The topological polar surface area (TPSA) is 60.9 Å². The molecule has 2 amide bonds. The number of rotatable bonds is 3. The van der Waals surface area contributed by atoms with Gasteiger partial charge in [0.15, 0.2) is 0 Å². The number of hydrogen-bond donors (Lipinski definition) is 1. The minimum atomic E-state index is -0.419. The molecule has 1 aliphatic heterocycles. The average Bonchev–Trinajstić information content (AvgIpc) is 2.64. The van der Waals surface area contributed by atoms with E-state index in [1.54, 1.807) is 16.8 Å². The van der Waals surface area contributed by atoms with E-state index in [0.29, 0.717) is 13.0 Å². The highest BCUT2D eigenvalue weighted by Crippen LogP contribution is 2.22. The number of nitrogens with zero attached hydrogens (tertiary/aromatic N) is 2. The maximum absolute atomic E-state index is 12.3. The van der Waals surface area contributed by atoms with Crippen LogP contribution in [0.3, 0.4) is 0 Å². The number of hydrogen-bond acceptors (Lipinski definition) is 3. The van der Waals surface area contributed by atoms with Crippen molar-refractivity contribution in [2.75, 3.05) is 20.1 Å². The molecule has 5 heteroatoms. The molecule has 0 aromatic rings. The SMILES string of the molecule is CN(C(=O)CN1CCCCCC1=O)C1CCCCC1O. The molecule has 1 saturated carbocycles. The van der Waals surface area contributed by atoms with Crippen LogP contribution in [-0.2, 0) is 9.59 Å². The number of likely N-dealkylation sites (N-methyl/N-ethyl adjacent to an activating group) is 1. The quantitative estimate of drug-likeness (QED) is 0.844. The molecule has 1 heterocycles. The molecule has 1 saturated heterocycles. The van der Waals surface area contributed by atoms with Crippen molar-refractivity contribution in [1.82, 2.24) is 9.80 Å². The van der Waals surface area contributed by atoms with E-state index in [9.17, 15) is 14.7 Å². The zero-order valence-electron chi connectivity index (χ0n) is 12.4. The maximum atomic E-state index is 12.3. The van der Waals surface area contributed by atoms with Gasteiger partial charge in [-0.1, -0.05) is 19.3 Å². The Labute approximate surface area is 120 Å². The lowest BCUT2D eigenvalue weighted by Crippen LogP contribution is -2.50. The lowest BCUT2D eigenvalue weighted by Gasteiger charge is -2.36. The first-order valence-corrected chi connectivity index (χ1v) is 7.81. The standard InChI is InChI=1S/C15H26N2O3/c1-16(12-7-4-5-8-13(12)18)15(20)11-17-10-6-2-3-9-14(17)19/h12-13,18H,2-11H2,1H3. The summed E-state index contributed by atoms with van der Waals surface area (Å²) in [6.45, 7) is 0.851. The van der Waals surface area contributed by atoms with Gasteiger partial charge < -0.3 is 14.9 Å². The number of aliphatic hydroxyl groups excluding tert-OH is 1. The minimum absolute atomic E-state index is 0.0498. The van der Waals surface area contributed by atoms with Gasteiger partial charge in [0.25, 0.3) is 0 Å². The molecular formula is C15H26N2O3. The van der Waals surface area contributed by atoms with E-state index in [1.807, 2.05) is 0 Å². The molecule has 2 rings (SSSR count). The number of likely N-dealkylation sites (tertiary alicyclic amines) is 1. The Morgan fingerprint density at radius 1 is 1.25 bits per heavy atom. The summed E-state index contributed by atoms with van der Waals surface area (Å²) in [6, 6.07) is -0.0849. The normalized spacial score (nSPS) is 28.1. The van der Waals surface area contributed by atoms with Crippen LogP contribution in [0.25, 0.3) is 0 Å². The molecule has 0 aromatic heterocycles. The number of carbonyl (C=O) groups excluding carboxylic acids is 2. The van der Waals surface area contributed by atoms with E-state index < -0.39 is 6.10 Å². The van der Waals surface area contributed by atoms with Gasteiger partial charge in [-0.15, -0.1) is 0 Å². The van der Waals surface area contributed by atoms with Crippen molar-refractivity contribution in [3.63, 3.8) is 0 Å². The highest BCUT2D eigenvalue weighted by Gasteiger charge is 2.30. The Bertz CT molecular complexity index is 359. The van der Waals surface area contributed by atoms with Gasteiger partial charge in [0.2, 0.25) is 11.8 Å². The summed E-state index contributed by atoms with van der Waals surface area (Å²) in [4.78, 5) is 27.6. The molecule has 20 heavy (non-hydrogen) atoms. The Morgan fingerprint density at radius 2 is 2.00 bits per heavy atom. The fraction of sp³-hybridized carbons (Fsp3) is 0.867. The third kappa shape index (κ3) is 3.72. The predicted molar refractivity (Wildman–Crippen MR) is 76.1 cm³/mol. The van der Waals surface area contributed by atoms with Crippen molar-refractivity contribution >= 4 is 11.8 Å². The van der Waals surface area contributed by atoms with E-state index in [1.165, 1.54) is 0 Å². The fourth-order valence-corrected chi connectivity index (χ4v) is 3.21. The van der Waals surface area contributed by atoms with Crippen LogP contribution in [0.2, 0.25) is 0 Å². The first-order valence-electron chi connectivity index (χ1n) is 7.81. The molecule has 2 aliphatic rings. The largest absolute Gasteiger partial charge is 0.391 e. The second-order valence-electron chi connectivity index (χ2n) is 6.05. The Kier molecular flexibility index (Phi) is 5.40. The molecule has 1 aliphatic carbocycles. The third-order valence-corrected chi connectivity index (χ3v) is 4.58. The van der Waals surface area contributed by atoms with Gasteiger partial charge in [0.05, 0.1) is 18.7 Å². The first-order chi connectivity index (χ1) is 9.59. The van der Waals surface area contributed by atoms with Crippen molar-refractivity contribution < 1.29 is 14.7 Å². The lowest BCUT2D eigenvalue weighted by atomic mass is 9.91. The lowest BCUT2D eigenvalue weighted by molar-refractivity contribution is -0.142. The van der Waals surface area contributed by atoms with Gasteiger partial charge in [0, 0.05) is 20.0 Å². The summed E-state index contributed by atoms with van der Waals surface area (Å²) in [5, 5.41) is 10.0. The van der Waals surface area contributed by atoms with Crippen LogP contribution >= 0.6 is 0 Å². The molecule has 5 nitrogen and oxygen atoms in total. The zero-order chi connectivity index (χ0) is 14.5. The van der Waals surface area contributed by atoms with Crippen LogP contribution in [0.15, 0.2) is 0 Å². The molecular weight excluding hydrogens is 256 g/mol. The second-order valence-corrected chi connectivity index (χ2v) is 6.05. The van der Waals surface area contributed by atoms with Crippen molar-refractivity contribution in [2.45, 2.75) is 63.5 Å². The molecule has 1 N–H and O–H groups in total. The smallest absolute Gasteiger partial charge is 0.242 e. The molecule has 0 bridgehead atoms. The van der Waals surface area contributed by atoms with Gasteiger partial charge in [-0.3, -0.25) is 9.59 Å². The summed E-state index contributed by atoms with van der Waals surface area (Å²) in [5.41, 5.74) is 0. The maximum Gasteiger partial charge on any atom is 0.242 e. The monoisotopic (exact) mass is 282 g/mol. The molecule has 114 valence electrons. The average molecular weight is 282 g/mol. The third-order valence-electron chi connectivity index (χ3n) is 4.58.